The molecule has 4 heterocycles. The molecule has 33 heavy (non-hydrogen) atoms. The van der Waals surface area contributed by atoms with Crippen LogP contribution in [0.5, 0.6) is 5.75 Å². The lowest BCUT2D eigenvalue weighted by molar-refractivity contribution is -0.146. The first-order chi connectivity index (χ1) is 16.0. The number of nitrogens with zero attached hydrogens (tertiary/aromatic N) is 3. The van der Waals surface area contributed by atoms with Crippen molar-refractivity contribution in [3.05, 3.63) is 54.4 Å². The molecule has 1 unspecified atom stereocenters. The Morgan fingerprint density at radius 1 is 1.09 bits per heavy atom. The van der Waals surface area contributed by atoms with E-state index in [1.54, 1.807) is 11.1 Å². The van der Waals surface area contributed by atoms with Gasteiger partial charge in [0, 0.05) is 44.4 Å². The van der Waals surface area contributed by atoms with Gasteiger partial charge < -0.3 is 19.9 Å². The molecule has 1 atom stereocenters. The Hall–Kier alpha value is -3.42. The Balaban J connectivity index is 1.24. The normalized spacial score (nSPS) is 21.7. The zero-order valence-corrected chi connectivity index (χ0v) is 18.5. The number of pyridine rings is 1. The zero-order chi connectivity index (χ0) is 22.8. The quantitative estimate of drug-likeness (QED) is 0.779. The van der Waals surface area contributed by atoms with E-state index in [4.69, 9.17) is 4.74 Å². The van der Waals surface area contributed by atoms with Gasteiger partial charge in [0.25, 0.3) is 0 Å². The number of ether oxygens (including phenoxy) is 1. The van der Waals surface area contributed by atoms with Crippen LogP contribution in [-0.2, 0) is 20.8 Å². The Morgan fingerprint density at radius 2 is 1.88 bits per heavy atom. The highest BCUT2D eigenvalue weighted by atomic mass is 16.5. The van der Waals surface area contributed by atoms with E-state index in [2.05, 4.69) is 10.3 Å². The number of anilines is 1. The summed E-state index contributed by atoms with van der Waals surface area (Å²) in [5, 5.41) is 2.92. The summed E-state index contributed by atoms with van der Waals surface area (Å²) in [6, 6.07) is 12.5. The molecule has 3 aliphatic rings. The molecule has 1 aromatic heterocycles. The number of likely N-dealkylation sites (tertiary alicyclic amines) is 2. The van der Waals surface area contributed by atoms with Crippen molar-refractivity contribution in [2.75, 3.05) is 25.0 Å². The highest BCUT2D eigenvalue weighted by Crippen LogP contribution is 2.38. The molecule has 172 valence electrons. The monoisotopic (exact) mass is 448 g/mol. The predicted molar refractivity (Wildman–Crippen MR) is 122 cm³/mol. The number of aromatic nitrogens is 1. The number of hydrogen-bond acceptors (Lipinski definition) is 5. The smallest absolute Gasteiger partial charge is 0.245 e. The maximum absolute atomic E-state index is 13.4. The minimum atomic E-state index is -0.613. The van der Waals surface area contributed by atoms with E-state index in [9.17, 15) is 14.4 Å². The Kier molecular flexibility index (Phi) is 5.74. The van der Waals surface area contributed by atoms with Gasteiger partial charge in [0.2, 0.25) is 17.7 Å². The molecule has 1 spiro atoms. The number of para-hydroxylation sites is 2. The second-order valence-electron chi connectivity index (χ2n) is 9.07. The van der Waals surface area contributed by atoms with Crippen molar-refractivity contribution in [2.24, 2.45) is 0 Å². The second kappa shape index (κ2) is 8.84. The first-order valence-electron chi connectivity index (χ1n) is 11.6. The molecule has 8 heteroatoms. The van der Waals surface area contributed by atoms with Crippen molar-refractivity contribution in [1.82, 2.24) is 14.8 Å². The number of amides is 3. The third-order valence-electron chi connectivity index (χ3n) is 6.87. The van der Waals surface area contributed by atoms with E-state index in [-0.39, 0.29) is 30.6 Å². The number of hydrogen-bond donors (Lipinski definition) is 1. The summed E-state index contributed by atoms with van der Waals surface area (Å²) >= 11 is 0. The number of carbonyl (C=O) groups excluding carboxylic acids is 3. The molecule has 2 fully saturated rings. The van der Waals surface area contributed by atoms with E-state index in [1.165, 1.54) is 0 Å². The van der Waals surface area contributed by atoms with Gasteiger partial charge in [-0.15, -0.1) is 0 Å². The van der Waals surface area contributed by atoms with Gasteiger partial charge in [0.1, 0.15) is 17.4 Å². The molecule has 8 nitrogen and oxygen atoms in total. The van der Waals surface area contributed by atoms with Crippen LogP contribution in [-0.4, -0.2) is 63.8 Å². The number of benzene rings is 1. The van der Waals surface area contributed by atoms with Crippen LogP contribution in [0, 0.1) is 0 Å². The van der Waals surface area contributed by atoms with Crippen LogP contribution in [0.4, 0.5) is 5.69 Å². The maximum atomic E-state index is 13.4. The van der Waals surface area contributed by atoms with Gasteiger partial charge in [-0.05, 0) is 37.1 Å². The van der Waals surface area contributed by atoms with Gasteiger partial charge in [-0.25, -0.2) is 0 Å². The van der Waals surface area contributed by atoms with E-state index < -0.39 is 11.6 Å². The van der Waals surface area contributed by atoms with Crippen LogP contribution in [0.25, 0.3) is 0 Å². The van der Waals surface area contributed by atoms with Crippen LogP contribution in [0.1, 0.15) is 37.8 Å². The molecule has 0 aliphatic carbocycles. The van der Waals surface area contributed by atoms with Gasteiger partial charge in [-0.2, -0.15) is 0 Å². The summed E-state index contributed by atoms with van der Waals surface area (Å²) in [6.07, 6.45) is 4.80. The van der Waals surface area contributed by atoms with Crippen molar-refractivity contribution in [3.63, 3.8) is 0 Å². The summed E-state index contributed by atoms with van der Waals surface area (Å²) in [7, 11) is 0. The van der Waals surface area contributed by atoms with Gasteiger partial charge >= 0.3 is 0 Å². The first kappa shape index (κ1) is 21.4. The number of fused-ring (bicyclic) bond motifs is 1. The predicted octanol–water partition coefficient (Wildman–Crippen LogP) is 2.40. The van der Waals surface area contributed by atoms with Crippen molar-refractivity contribution < 1.29 is 19.1 Å². The summed E-state index contributed by atoms with van der Waals surface area (Å²) in [5.74, 6) is 0.542. The molecule has 0 bridgehead atoms. The van der Waals surface area contributed by atoms with Crippen LogP contribution in [0.3, 0.4) is 0 Å². The third kappa shape index (κ3) is 4.42. The van der Waals surface area contributed by atoms with Crippen molar-refractivity contribution in [2.45, 2.75) is 50.2 Å². The minimum Gasteiger partial charge on any atom is -0.484 e. The zero-order valence-electron chi connectivity index (χ0n) is 18.5. The molecule has 5 rings (SSSR count). The molecule has 3 aliphatic heterocycles. The second-order valence-corrected chi connectivity index (χ2v) is 9.07. The molecule has 0 saturated carbocycles. The number of carbonyl (C=O) groups is 3. The number of rotatable bonds is 3. The van der Waals surface area contributed by atoms with Gasteiger partial charge in [0.05, 0.1) is 18.5 Å². The third-order valence-corrected chi connectivity index (χ3v) is 6.87. The van der Waals surface area contributed by atoms with E-state index >= 15 is 0 Å². The molecule has 1 N–H and O–H groups in total. The van der Waals surface area contributed by atoms with E-state index in [0.717, 1.165) is 6.42 Å². The van der Waals surface area contributed by atoms with Gasteiger partial charge in [-0.3, -0.25) is 19.4 Å². The molecule has 2 aromatic rings. The van der Waals surface area contributed by atoms with Crippen LogP contribution in [0.15, 0.2) is 48.7 Å². The fourth-order valence-corrected chi connectivity index (χ4v) is 5.12. The largest absolute Gasteiger partial charge is 0.484 e. The van der Waals surface area contributed by atoms with Crippen molar-refractivity contribution >= 4 is 23.4 Å². The fourth-order valence-electron chi connectivity index (χ4n) is 5.12. The molecule has 1 aromatic carbocycles. The lowest BCUT2D eigenvalue weighted by atomic mass is 9.87. The minimum absolute atomic E-state index is 0.00445. The van der Waals surface area contributed by atoms with E-state index in [0.29, 0.717) is 56.0 Å². The molecule has 2 saturated heterocycles. The fraction of sp³-hybridized carbons (Fsp3) is 0.440. The van der Waals surface area contributed by atoms with Gasteiger partial charge in [0.15, 0.2) is 0 Å². The number of piperidine rings is 1. The lowest BCUT2D eigenvalue weighted by Crippen LogP contribution is -2.55. The Labute approximate surface area is 192 Å². The number of nitrogens with one attached hydrogen (secondary N) is 1. The summed E-state index contributed by atoms with van der Waals surface area (Å²) in [6.45, 7) is 1.61. The Bertz CT molecular complexity index is 1050. The average Bonchev–Trinajstić information content (AvgIpc) is 3.26. The molecule has 0 radical (unpaired) electrons. The SMILES string of the molecule is O=C1CC2(CCN(C(=O)C3CCCN3C(=O)Cc3ccccn3)CC2)Oc2ccccc2N1. The summed E-state index contributed by atoms with van der Waals surface area (Å²) in [4.78, 5) is 46.5. The van der Waals surface area contributed by atoms with Crippen LogP contribution >= 0.6 is 0 Å². The van der Waals surface area contributed by atoms with Gasteiger partial charge in [-0.1, -0.05) is 18.2 Å². The Morgan fingerprint density at radius 3 is 2.67 bits per heavy atom. The average molecular weight is 449 g/mol. The van der Waals surface area contributed by atoms with Crippen LogP contribution in [0.2, 0.25) is 0 Å². The summed E-state index contributed by atoms with van der Waals surface area (Å²) in [5.41, 5.74) is 0.785. The molecular weight excluding hydrogens is 420 g/mol. The topological polar surface area (TPSA) is 91.8 Å². The highest BCUT2D eigenvalue weighted by molar-refractivity contribution is 5.94. The molecular formula is C25H28N4O4. The standard InChI is InChI=1S/C25H28N4O4/c30-22-17-25(33-21-9-2-1-7-19(21)27-22)10-14-28(15-11-25)24(32)20-8-5-13-29(20)23(31)16-18-6-3-4-12-26-18/h1-4,6-7,9,12,20H,5,8,10-11,13-17H2,(H,27,30). The highest BCUT2D eigenvalue weighted by Gasteiger charge is 2.44. The lowest BCUT2D eigenvalue weighted by Gasteiger charge is -2.42. The van der Waals surface area contributed by atoms with E-state index in [1.807, 2.05) is 47.4 Å². The summed E-state index contributed by atoms with van der Waals surface area (Å²) < 4.78 is 6.34. The van der Waals surface area contributed by atoms with Crippen molar-refractivity contribution in [1.29, 1.82) is 0 Å². The van der Waals surface area contributed by atoms with Crippen LogP contribution < -0.4 is 10.1 Å². The maximum Gasteiger partial charge on any atom is 0.245 e. The van der Waals surface area contributed by atoms with Crippen molar-refractivity contribution in [3.8, 4) is 5.75 Å². The molecule has 3 amide bonds. The first-order valence-corrected chi connectivity index (χ1v) is 11.6.